The molecule has 44 heavy (non-hydrogen) atoms. The molecule has 2 aromatic heterocycles. The summed E-state index contributed by atoms with van der Waals surface area (Å²) in [6.45, 7) is 0. The monoisotopic (exact) mass is 560 g/mol. The zero-order valence-electron chi connectivity index (χ0n) is 23.7. The maximum Gasteiger partial charge on any atom is 0.136 e. The van der Waals surface area contributed by atoms with Crippen molar-refractivity contribution in [2.75, 3.05) is 0 Å². The van der Waals surface area contributed by atoms with E-state index >= 15 is 0 Å². The van der Waals surface area contributed by atoms with Gasteiger partial charge in [0.1, 0.15) is 11.2 Å². The van der Waals surface area contributed by atoms with E-state index in [-0.39, 0.29) is 5.92 Å². The predicted octanol–water partition coefficient (Wildman–Crippen LogP) is 10.7. The van der Waals surface area contributed by atoms with E-state index in [9.17, 15) is 0 Å². The number of fused-ring (bicyclic) bond motifs is 10. The summed E-state index contributed by atoms with van der Waals surface area (Å²) in [4.78, 5) is 10.8. The van der Waals surface area contributed by atoms with Crippen molar-refractivity contribution >= 4 is 54.5 Å². The molecule has 0 N–H and O–H groups in total. The van der Waals surface area contributed by atoms with Gasteiger partial charge in [0.2, 0.25) is 0 Å². The third-order valence-electron chi connectivity index (χ3n) is 9.30. The fraction of sp³-hybridized carbons (Fsp3) is 0.0244. The second kappa shape index (κ2) is 8.85. The lowest BCUT2D eigenvalue weighted by atomic mass is 9.87. The van der Waals surface area contributed by atoms with E-state index in [0.717, 1.165) is 49.9 Å². The molecule has 7 aromatic carbocycles. The lowest BCUT2D eigenvalue weighted by Crippen LogP contribution is -2.07. The molecule has 0 aliphatic heterocycles. The third-order valence-corrected chi connectivity index (χ3v) is 9.30. The summed E-state index contributed by atoms with van der Waals surface area (Å²) in [6.07, 6.45) is 0. The van der Waals surface area contributed by atoms with Crippen molar-refractivity contribution in [2.45, 2.75) is 5.92 Å². The Morgan fingerprint density at radius 3 is 2.02 bits per heavy atom. The van der Waals surface area contributed by atoms with Crippen LogP contribution in [0.2, 0.25) is 0 Å². The SMILES string of the molecule is c1ccc2cc3c(cc2c1)-c1ccc2ccccc2c1C3c1nc2ccccc2nc1-c1ccc2c(c1)oc1ccccc12. The summed E-state index contributed by atoms with van der Waals surface area (Å²) in [5.41, 5.74) is 11.5. The molecule has 204 valence electrons. The quantitative estimate of drug-likeness (QED) is 0.211. The van der Waals surface area contributed by atoms with Gasteiger partial charge in [-0.25, -0.2) is 9.97 Å². The fourth-order valence-electron chi connectivity index (χ4n) is 7.31. The largest absolute Gasteiger partial charge is 0.456 e. The highest BCUT2D eigenvalue weighted by Crippen LogP contribution is 2.53. The number of hydrogen-bond donors (Lipinski definition) is 0. The van der Waals surface area contributed by atoms with Crippen LogP contribution in [0.4, 0.5) is 0 Å². The van der Waals surface area contributed by atoms with Crippen LogP contribution in [0.15, 0.2) is 144 Å². The molecule has 0 radical (unpaired) electrons. The van der Waals surface area contributed by atoms with Crippen molar-refractivity contribution in [1.29, 1.82) is 0 Å². The Balaban J connectivity index is 1.31. The summed E-state index contributed by atoms with van der Waals surface area (Å²) in [6, 6.07) is 49.5. The van der Waals surface area contributed by atoms with Crippen LogP contribution < -0.4 is 0 Å². The summed E-state index contributed by atoms with van der Waals surface area (Å²) < 4.78 is 6.34. The molecule has 1 unspecified atom stereocenters. The molecule has 1 atom stereocenters. The highest BCUT2D eigenvalue weighted by Gasteiger charge is 2.35. The summed E-state index contributed by atoms with van der Waals surface area (Å²) in [7, 11) is 0. The standard InChI is InChI=1S/C41H24N2O/c1-2-11-26-22-33-32(21-25(26)10-1)31-20-17-24-9-3-4-12-28(24)38(31)39(33)41-40(42-34-14-6-7-15-35(34)43-41)27-18-19-30-29-13-5-8-16-36(29)44-37(30)23-27/h1-23,39H. The van der Waals surface area contributed by atoms with Crippen molar-refractivity contribution in [3.8, 4) is 22.4 Å². The average Bonchev–Trinajstić information content (AvgIpc) is 3.61. The first kappa shape index (κ1) is 23.7. The van der Waals surface area contributed by atoms with Gasteiger partial charge >= 0.3 is 0 Å². The molecule has 3 nitrogen and oxygen atoms in total. The number of furan rings is 1. The molecule has 0 spiro atoms. The minimum Gasteiger partial charge on any atom is -0.456 e. The zero-order valence-corrected chi connectivity index (χ0v) is 23.7. The maximum atomic E-state index is 6.34. The average molecular weight is 561 g/mol. The molecule has 0 saturated heterocycles. The number of aromatic nitrogens is 2. The van der Waals surface area contributed by atoms with Crippen molar-refractivity contribution in [1.82, 2.24) is 9.97 Å². The highest BCUT2D eigenvalue weighted by molar-refractivity contribution is 6.06. The van der Waals surface area contributed by atoms with Crippen LogP contribution in [0, 0.1) is 0 Å². The van der Waals surface area contributed by atoms with E-state index < -0.39 is 0 Å². The van der Waals surface area contributed by atoms with Gasteiger partial charge in [-0.2, -0.15) is 0 Å². The number of hydrogen-bond acceptors (Lipinski definition) is 3. The molecule has 0 fully saturated rings. The zero-order chi connectivity index (χ0) is 28.8. The molecular formula is C41H24N2O. The third kappa shape index (κ3) is 3.32. The summed E-state index contributed by atoms with van der Waals surface area (Å²) in [5, 5.41) is 7.18. The minimum absolute atomic E-state index is 0.0887. The molecule has 1 aliphatic rings. The van der Waals surface area contributed by atoms with Crippen LogP contribution >= 0.6 is 0 Å². The molecule has 2 heterocycles. The summed E-state index contributed by atoms with van der Waals surface area (Å²) >= 11 is 0. The lowest BCUT2D eigenvalue weighted by molar-refractivity contribution is 0.669. The lowest BCUT2D eigenvalue weighted by Gasteiger charge is -2.20. The second-order valence-electron chi connectivity index (χ2n) is 11.7. The van der Waals surface area contributed by atoms with Gasteiger partial charge in [0.05, 0.1) is 28.3 Å². The Labute approximate surface area is 253 Å². The first-order chi connectivity index (χ1) is 21.8. The molecule has 1 aliphatic carbocycles. The molecule has 0 bridgehead atoms. The van der Waals surface area contributed by atoms with Gasteiger partial charge in [-0.3, -0.25) is 0 Å². The Hall–Kier alpha value is -5.80. The highest BCUT2D eigenvalue weighted by atomic mass is 16.3. The van der Waals surface area contributed by atoms with Gasteiger partial charge in [-0.15, -0.1) is 0 Å². The molecule has 0 amide bonds. The Morgan fingerprint density at radius 2 is 1.16 bits per heavy atom. The molecule has 9 aromatic rings. The van der Waals surface area contributed by atoms with E-state index in [4.69, 9.17) is 14.4 Å². The van der Waals surface area contributed by atoms with E-state index in [1.165, 1.54) is 43.8 Å². The fourth-order valence-corrected chi connectivity index (χ4v) is 7.31. The van der Waals surface area contributed by atoms with E-state index in [0.29, 0.717) is 0 Å². The van der Waals surface area contributed by atoms with Crippen LogP contribution in [-0.2, 0) is 0 Å². The summed E-state index contributed by atoms with van der Waals surface area (Å²) in [5.74, 6) is -0.0887. The van der Waals surface area contributed by atoms with Gasteiger partial charge < -0.3 is 4.42 Å². The van der Waals surface area contributed by atoms with Crippen molar-refractivity contribution in [2.24, 2.45) is 0 Å². The molecular weight excluding hydrogens is 536 g/mol. The van der Waals surface area contributed by atoms with Crippen LogP contribution in [0.25, 0.3) is 76.9 Å². The normalized spacial score (nSPS) is 14.1. The smallest absolute Gasteiger partial charge is 0.136 e. The number of para-hydroxylation sites is 3. The number of benzene rings is 7. The van der Waals surface area contributed by atoms with Crippen LogP contribution in [0.5, 0.6) is 0 Å². The Kier molecular flexibility index (Phi) is 4.77. The van der Waals surface area contributed by atoms with Gasteiger partial charge in [0.25, 0.3) is 0 Å². The first-order valence-electron chi connectivity index (χ1n) is 15.0. The molecule has 3 heteroatoms. The van der Waals surface area contributed by atoms with E-state index in [1.54, 1.807) is 0 Å². The van der Waals surface area contributed by atoms with Gasteiger partial charge in [-0.1, -0.05) is 97.1 Å². The van der Waals surface area contributed by atoms with Gasteiger partial charge in [-0.05, 0) is 86.3 Å². The second-order valence-corrected chi connectivity index (χ2v) is 11.7. The van der Waals surface area contributed by atoms with Gasteiger partial charge in [0, 0.05) is 16.3 Å². The van der Waals surface area contributed by atoms with E-state index in [2.05, 4.69) is 115 Å². The van der Waals surface area contributed by atoms with Crippen LogP contribution in [0.3, 0.4) is 0 Å². The van der Waals surface area contributed by atoms with Gasteiger partial charge in [0.15, 0.2) is 0 Å². The minimum atomic E-state index is -0.0887. The van der Waals surface area contributed by atoms with Crippen molar-refractivity contribution in [3.05, 3.63) is 156 Å². The predicted molar refractivity (Wildman–Crippen MR) is 180 cm³/mol. The van der Waals surface area contributed by atoms with E-state index in [1.807, 2.05) is 24.3 Å². The Bertz CT molecular complexity index is 2630. The molecule has 10 rings (SSSR count). The topological polar surface area (TPSA) is 38.9 Å². The van der Waals surface area contributed by atoms with Crippen molar-refractivity contribution < 1.29 is 4.42 Å². The number of rotatable bonds is 2. The Morgan fingerprint density at radius 1 is 0.477 bits per heavy atom. The maximum absolute atomic E-state index is 6.34. The van der Waals surface area contributed by atoms with Crippen LogP contribution in [-0.4, -0.2) is 9.97 Å². The van der Waals surface area contributed by atoms with Crippen molar-refractivity contribution in [3.63, 3.8) is 0 Å². The number of nitrogens with zero attached hydrogens (tertiary/aromatic N) is 2. The molecule has 0 saturated carbocycles. The van der Waals surface area contributed by atoms with Crippen LogP contribution in [0.1, 0.15) is 22.7 Å². The first-order valence-corrected chi connectivity index (χ1v) is 15.0.